The number of benzene rings is 1. The lowest BCUT2D eigenvalue weighted by molar-refractivity contribution is -0.144. The van der Waals surface area contributed by atoms with Gasteiger partial charge in [0.15, 0.2) is 0 Å². The number of primary amides is 1. The quantitative estimate of drug-likeness (QED) is 0.765. The first-order chi connectivity index (χ1) is 8.49. The number of carbonyl (C=O) groups excluding carboxylic acids is 1. The van der Waals surface area contributed by atoms with E-state index in [4.69, 9.17) is 15.6 Å². The van der Waals surface area contributed by atoms with E-state index in [-0.39, 0.29) is 19.4 Å². The van der Waals surface area contributed by atoms with Gasteiger partial charge in [-0.15, -0.1) is 0 Å². The molecule has 0 saturated heterocycles. The van der Waals surface area contributed by atoms with Crippen LogP contribution < -0.4 is 10.5 Å². The predicted molar refractivity (Wildman–Crippen MR) is 66.2 cm³/mol. The fourth-order valence-corrected chi connectivity index (χ4v) is 1.51. The Kier molecular flexibility index (Phi) is 5.17. The van der Waals surface area contributed by atoms with Crippen molar-refractivity contribution >= 4 is 11.9 Å². The van der Waals surface area contributed by atoms with Crippen LogP contribution in [0.25, 0.3) is 0 Å². The molecule has 0 spiro atoms. The highest BCUT2D eigenvalue weighted by Gasteiger charge is 2.19. The molecule has 1 unspecified atom stereocenters. The van der Waals surface area contributed by atoms with Gasteiger partial charge in [-0.2, -0.15) is 0 Å². The number of hydrogen-bond donors (Lipinski definition) is 2. The lowest BCUT2D eigenvalue weighted by Crippen LogP contribution is -2.24. The maximum Gasteiger partial charge on any atom is 0.307 e. The molecule has 1 amide bonds. The minimum absolute atomic E-state index is 0.160. The monoisotopic (exact) mass is 251 g/mol. The average molecular weight is 251 g/mol. The fraction of sp³-hybridized carbons (Fsp3) is 0.385. The number of carbonyl (C=O) groups is 2. The van der Waals surface area contributed by atoms with E-state index >= 15 is 0 Å². The van der Waals surface area contributed by atoms with Crippen molar-refractivity contribution in [1.82, 2.24) is 0 Å². The zero-order chi connectivity index (χ0) is 13.5. The van der Waals surface area contributed by atoms with Gasteiger partial charge in [0.25, 0.3) is 0 Å². The van der Waals surface area contributed by atoms with Crippen LogP contribution in [0.4, 0.5) is 0 Å². The highest BCUT2D eigenvalue weighted by atomic mass is 16.5. The molecule has 0 heterocycles. The van der Waals surface area contributed by atoms with E-state index < -0.39 is 17.8 Å². The summed E-state index contributed by atoms with van der Waals surface area (Å²) in [7, 11) is 0. The van der Waals surface area contributed by atoms with E-state index in [0.717, 1.165) is 5.56 Å². The molecule has 0 radical (unpaired) electrons. The Morgan fingerprint density at radius 3 is 2.44 bits per heavy atom. The summed E-state index contributed by atoms with van der Waals surface area (Å²) in [4.78, 5) is 21.6. The standard InChI is InChI=1S/C13H17NO4/c1-9-2-4-11(5-3-9)18-7-6-10(13(16)17)8-12(14)15/h2-5,10H,6-8H2,1H3,(H2,14,15)(H,16,17). The number of carboxylic acid groups (broad SMARTS) is 1. The van der Waals surface area contributed by atoms with Gasteiger partial charge in [-0.25, -0.2) is 0 Å². The summed E-state index contributed by atoms with van der Waals surface area (Å²) in [6.45, 7) is 2.21. The van der Waals surface area contributed by atoms with E-state index in [2.05, 4.69) is 0 Å². The summed E-state index contributed by atoms with van der Waals surface area (Å²) in [6, 6.07) is 7.46. The van der Waals surface area contributed by atoms with E-state index in [1.165, 1.54) is 0 Å². The van der Waals surface area contributed by atoms with Crippen LogP contribution in [0.15, 0.2) is 24.3 Å². The van der Waals surface area contributed by atoms with Crippen LogP contribution in [0.5, 0.6) is 5.75 Å². The normalized spacial score (nSPS) is 11.8. The van der Waals surface area contributed by atoms with Crippen LogP contribution >= 0.6 is 0 Å². The van der Waals surface area contributed by atoms with Gasteiger partial charge in [0, 0.05) is 6.42 Å². The first-order valence-corrected chi connectivity index (χ1v) is 5.69. The first-order valence-electron chi connectivity index (χ1n) is 5.69. The van der Waals surface area contributed by atoms with E-state index in [1.807, 2.05) is 31.2 Å². The van der Waals surface area contributed by atoms with E-state index in [9.17, 15) is 9.59 Å². The van der Waals surface area contributed by atoms with Crippen molar-refractivity contribution in [2.75, 3.05) is 6.61 Å². The lowest BCUT2D eigenvalue weighted by Gasteiger charge is -2.11. The Balaban J connectivity index is 2.41. The predicted octanol–water partition coefficient (Wildman–Crippen LogP) is 1.34. The third-order valence-electron chi connectivity index (χ3n) is 2.55. The van der Waals surface area contributed by atoms with Crippen molar-refractivity contribution in [2.24, 2.45) is 11.7 Å². The van der Waals surface area contributed by atoms with Crippen molar-refractivity contribution in [1.29, 1.82) is 0 Å². The molecule has 0 aromatic heterocycles. The average Bonchev–Trinajstić information content (AvgIpc) is 2.29. The fourth-order valence-electron chi connectivity index (χ4n) is 1.51. The number of aliphatic carboxylic acids is 1. The minimum Gasteiger partial charge on any atom is -0.494 e. The number of hydrogen-bond acceptors (Lipinski definition) is 3. The smallest absolute Gasteiger partial charge is 0.307 e. The van der Waals surface area contributed by atoms with Crippen molar-refractivity contribution in [3.05, 3.63) is 29.8 Å². The highest BCUT2D eigenvalue weighted by Crippen LogP contribution is 2.14. The summed E-state index contributed by atoms with van der Waals surface area (Å²) >= 11 is 0. The summed E-state index contributed by atoms with van der Waals surface area (Å²) in [6.07, 6.45) is 0.0960. The zero-order valence-corrected chi connectivity index (χ0v) is 10.3. The van der Waals surface area contributed by atoms with Crippen molar-refractivity contribution in [2.45, 2.75) is 19.8 Å². The van der Waals surface area contributed by atoms with Gasteiger partial charge in [0.05, 0.1) is 12.5 Å². The molecule has 1 rings (SSSR count). The van der Waals surface area contributed by atoms with Gasteiger partial charge in [0.1, 0.15) is 5.75 Å². The van der Waals surface area contributed by atoms with Gasteiger partial charge in [0.2, 0.25) is 5.91 Å². The second-order valence-electron chi connectivity index (χ2n) is 4.16. The SMILES string of the molecule is Cc1ccc(OCCC(CC(N)=O)C(=O)O)cc1. The number of ether oxygens (including phenoxy) is 1. The summed E-state index contributed by atoms with van der Waals surface area (Å²) in [5.74, 6) is -1.74. The maximum absolute atomic E-state index is 10.9. The van der Waals surface area contributed by atoms with Gasteiger partial charge in [-0.05, 0) is 25.5 Å². The molecular formula is C13H17NO4. The van der Waals surface area contributed by atoms with Crippen LogP contribution in [-0.2, 0) is 9.59 Å². The zero-order valence-electron chi connectivity index (χ0n) is 10.3. The largest absolute Gasteiger partial charge is 0.494 e. The molecule has 0 bridgehead atoms. The third kappa shape index (κ3) is 4.86. The molecule has 0 aliphatic rings. The molecule has 1 aromatic carbocycles. The van der Waals surface area contributed by atoms with Crippen molar-refractivity contribution < 1.29 is 19.4 Å². The Morgan fingerprint density at radius 1 is 1.33 bits per heavy atom. The van der Waals surface area contributed by atoms with Crippen LogP contribution in [0.2, 0.25) is 0 Å². The van der Waals surface area contributed by atoms with E-state index in [1.54, 1.807) is 0 Å². The highest BCUT2D eigenvalue weighted by molar-refractivity contribution is 5.80. The number of rotatable bonds is 7. The maximum atomic E-state index is 10.9. The van der Waals surface area contributed by atoms with Crippen LogP contribution in [0.3, 0.4) is 0 Å². The van der Waals surface area contributed by atoms with Crippen LogP contribution in [-0.4, -0.2) is 23.6 Å². The Hall–Kier alpha value is -2.04. The Morgan fingerprint density at radius 2 is 1.94 bits per heavy atom. The molecule has 1 atom stereocenters. The minimum atomic E-state index is -1.03. The molecule has 5 heteroatoms. The number of nitrogens with two attached hydrogens (primary N) is 1. The van der Waals surface area contributed by atoms with Crippen molar-refractivity contribution in [3.8, 4) is 5.75 Å². The number of amides is 1. The molecule has 18 heavy (non-hydrogen) atoms. The second kappa shape index (κ2) is 6.64. The van der Waals surface area contributed by atoms with Crippen LogP contribution in [0.1, 0.15) is 18.4 Å². The van der Waals surface area contributed by atoms with Gasteiger partial charge in [-0.1, -0.05) is 17.7 Å². The molecular weight excluding hydrogens is 234 g/mol. The molecule has 98 valence electrons. The topological polar surface area (TPSA) is 89.6 Å². The second-order valence-corrected chi connectivity index (χ2v) is 4.16. The third-order valence-corrected chi connectivity index (χ3v) is 2.55. The van der Waals surface area contributed by atoms with Gasteiger partial charge >= 0.3 is 5.97 Å². The molecule has 5 nitrogen and oxygen atoms in total. The molecule has 3 N–H and O–H groups in total. The summed E-state index contributed by atoms with van der Waals surface area (Å²) < 4.78 is 5.41. The molecule has 0 aliphatic heterocycles. The molecule has 1 aromatic rings. The Bertz CT molecular complexity index is 414. The van der Waals surface area contributed by atoms with Gasteiger partial charge in [-0.3, -0.25) is 9.59 Å². The summed E-state index contributed by atoms with van der Waals surface area (Å²) in [5, 5.41) is 8.89. The van der Waals surface area contributed by atoms with E-state index in [0.29, 0.717) is 5.75 Å². The number of carboxylic acids is 1. The van der Waals surface area contributed by atoms with Crippen molar-refractivity contribution in [3.63, 3.8) is 0 Å². The Labute approximate surface area is 106 Å². The lowest BCUT2D eigenvalue weighted by atomic mass is 10.0. The number of aryl methyl sites for hydroxylation is 1. The molecule has 0 saturated carbocycles. The summed E-state index contributed by atoms with van der Waals surface area (Å²) in [5.41, 5.74) is 6.11. The molecule has 0 fully saturated rings. The molecule has 0 aliphatic carbocycles. The van der Waals surface area contributed by atoms with Gasteiger partial charge < -0.3 is 15.6 Å². The van der Waals surface area contributed by atoms with Crippen LogP contribution in [0, 0.1) is 12.8 Å². The first kappa shape index (κ1) is 14.0.